The highest BCUT2D eigenvalue weighted by atomic mass is 32.2. The lowest BCUT2D eigenvalue weighted by Gasteiger charge is -2.13. The molecule has 0 saturated carbocycles. The minimum Gasteiger partial charge on any atom is -0.507 e. The number of phenols is 1. The van der Waals surface area contributed by atoms with Gasteiger partial charge >= 0.3 is 5.97 Å². The molecule has 0 radical (unpaired) electrons. The van der Waals surface area contributed by atoms with E-state index < -0.39 is 5.97 Å². The van der Waals surface area contributed by atoms with Crippen molar-refractivity contribution in [3.8, 4) is 11.5 Å². The molecule has 0 spiro atoms. The number of ether oxygens (including phenoxy) is 1. The van der Waals surface area contributed by atoms with Gasteiger partial charge in [-0.15, -0.1) is 11.8 Å². The summed E-state index contributed by atoms with van der Waals surface area (Å²) in [6, 6.07) is 7.26. The zero-order valence-corrected chi connectivity index (χ0v) is 12.5. The van der Waals surface area contributed by atoms with Crippen molar-refractivity contribution >= 4 is 28.5 Å². The van der Waals surface area contributed by atoms with E-state index in [1.165, 1.54) is 11.8 Å². The van der Waals surface area contributed by atoms with Crippen LogP contribution in [0, 0.1) is 6.92 Å². The van der Waals surface area contributed by atoms with Gasteiger partial charge in [0, 0.05) is 16.3 Å². The van der Waals surface area contributed by atoms with Crippen molar-refractivity contribution in [3.63, 3.8) is 0 Å². The summed E-state index contributed by atoms with van der Waals surface area (Å²) in [5.74, 6) is 0.189. The summed E-state index contributed by atoms with van der Waals surface area (Å²) >= 11 is 1.42. The van der Waals surface area contributed by atoms with Crippen LogP contribution in [0.2, 0.25) is 0 Å². The van der Waals surface area contributed by atoms with Gasteiger partial charge in [0.05, 0.1) is 4.90 Å². The van der Waals surface area contributed by atoms with Crippen LogP contribution in [0.4, 0.5) is 0 Å². The van der Waals surface area contributed by atoms with Crippen molar-refractivity contribution in [3.05, 3.63) is 42.0 Å². The Bertz CT molecular complexity index is 704. The van der Waals surface area contributed by atoms with E-state index in [1.807, 2.05) is 31.4 Å². The first-order valence-corrected chi connectivity index (χ1v) is 7.34. The van der Waals surface area contributed by atoms with Crippen LogP contribution in [0.15, 0.2) is 41.3 Å². The molecule has 2 aromatic carbocycles. The quantitative estimate of drug-likeness (QED) is 0.400. The summed E-state index contributed by atoms with van der Waals surface area (Å²) < 4.78 is 5.44. The smallest absolute Gasteiger partial charge is 0.338 e. The number of aromatic hydroxyl groups is 1. The van der Waals surface area contributed by atoms with Gasteiger partial charge in [-0.3, -0.25) is 0 Å². The number of carbonyl (C=O) groups excluding carboxylic acids is 1. The standard InChI is InChI=1S/C16H16O3S/c1-9(2)16(18)19-15-11-6-5-10(3)7-12(11)13(17)8-14(15)20-4/h5-8,17H,1H2,2-4H3. The number of phenolic OH excluding ortho intramolecular Hbond substituents is 1. The van der Waals surface area contributed by atoms with Crippen LogP contribution in [-0.4, -0.2) is 17.3 Å². The van der Waals surface area contributed by atoms with Gasteiger partial charge in [-0.2, -0.15) is 0 Å². The normalized spacial score (nSPS) is 10.6. The summed E-state index contributed by atoms with van der Waals surface area (Å²) in [5, 5.41) is 11.5. The molecule has 4 heteroatoms. The third-order valence-corrected chi connectivity index (χ3v) is 3.69. The Labute approximate surface area is 122 Å². The summed E-state index contributed by atoms with van der Waals surface area (Å²) in [5.41, 5.74) is 1.37. The lowest BCUT2D eigenvalue weighted by Crippen LogP contribution is -2.09. The molecular weight excluding hydrogens is 272 g/mol. The zero-order valence-electron chi connectivity index (χ0n) is 11.7. The molecule has 0 aromatic heterocycles. The van der Waals surface area contributed by atoms with Gasteiger partial charge in [-0.05, 0) is 32.2 Å². The van der Waals surface area contributed by atoms with Crippen molar-refractivity contribution in [2.45, 2.75) is 18.7 Å². The molecule has 0 bridgehead atoms. The summed E-state index contributed by atoms with van der Waals surface area (Å²) in [7, 11) is 0. The highest BCUT2D eigenvalue weighted by Gasteiger charge is 2.16. The van der Waals surface area contributed by atoms with Crippen LogP contribution in [0.3, 0.4) is 0 Å². The number of thioether (sulfide) groups is 1. The molecule has 3 nitrogen and oxygen atoms in total. The van der Waals surface area contributed by atoms with Crippen molar-refractivity contribution in [2.75, 3.05) is 6.26 Å². The molecule has 104 valence electrons. The second-order valence-electron chi connectivity index (χ2n) is 4.65. The van der Waals surface area contributed by atoms with Gasteiger partial charge in [0.15, 0.2) is 5.75 Å². The molecule has 1 N–H and O–H groups in total. The zero-order chi connectivity index (χ0) is 14.9. The van der Waals surface area contributed by atoms with E-state index in [0.717, 1.165) is 10.9 Å². The fourth-order valence-electron chi connectivity index (χ4n) is 1.90. The van der Waals surface area contributed by atoms with Crippen molar-refractivity contribution in [1.82, 2.24) is 0 Å². The number of benzene rings is 2. The van der Waals surface area contributed by atoms with E-state index in [4.69, 9.17) is 4.74 Å². The summed E-state index contributed by atoms with van der Waals surface area (Å²) in [6.45, 7) is 7.14. The molecule has 0 heterocycles. The monoisotopic (exact) mass is 288 g/mol. The van der Waals surface area contributed by atoms with Crippen LogP contribution in [0.25, 0.3) is 10.8 Å². The Kier molecular flexibility index (Phi) is 4.04. The fraction of sp³-hybridized carbons (Fsp3) is 0.188. The van der Waals surface area contributed by atoms with E-state index in [9.17, 15) is 9.90 Å². The van der Waals surface area contributed by atoms with Crippen molar-refractivity contribution in [1.29, 1.82) is 0 Å². The Morgan fingerprint density at radius 2 is 2.00 bits per heavy atom. The third kappa shape index (κ3) is 2.65. The van der Waals surface area contributed by atoms with Gasteiger partial charge in [0.1, 0.15) is 5.75 Å². The molecule has 2 rings (SSSR count). The van der Waals surface area contributed by atoms with E-state index in [-0.39, 0.29) is 5.75 Å². The molecule has 0 amide bonds. The maximum atomic E-state index is 11.8. The number of hydrogen-bond acceptors (Lipinski definition) is 4. The molecule has 0 unspecified atom stereocenters. The first-order chi connectivity index (χ1) is 9.43. The summed E-state index contributed by atoms with van der Waals surface area (Å²) in [6.07, 6.45) is 1.87. The van der Waals surface area contributed by atoms with Crippen LogP contribution < -0.4 is 4.74 Å². The lowest BCUT2D eigenvalue weighted by atomic mass is 10.1. The predicted octanol–water partition coefficient (Wildman–Crippen LogP) is 4.06. The largest absolute Gasteiger partial charge is 0.507 e. The number of fused-ring (bicyclic) bond motifs is 1. The number of carbonyl (C=O) groups is 1. The average Bonchev–Trinajstić information content (AvgIpc) is 2.41. The highest BCUT2D eigenvalue weighted by molar-refractivity contribution is 7.98. The van der Waals surface area contributed by atoms with Crippen molar-refractivity contribution < 1.29 is 14.6 Å². The second kappa shape index (κ2) is 5.59. The molecule has 2 aromatic rings. The maximum absolute atomic E-state index is 11.8. The van der Waals surface area contributed by atoms with Crippen LogP contribution >= 0.6 is 11.8 Å². The first kappa shape index (κ1) is 14.5. The van der Waals surface area contributed by atoms with Gasteiger partial charge in [-0.1, -0.05) is 24.3 Å². The SMILES string of the molecule is C=C(C)C(=O)Oc1c(SC)cc(O)c2cc(C)ccc12. The van der Waals surface area contributed by atoms with Gasteiger partial charge in [0.25, 0.3) is 0 Å². The molecule has 0 aliphatic heterocycles. The molecule has 20 heavy (non-hydrogen) atoms. The Morgan fingerprint density at radius 1 is 1.30 bits per heavy atom. The van der Waals surface area contributed by atoms with E-state index in [0.29, 0.717) is 21.6 Å². The highest BCUT2D eigenvalue weighted by Crippen LogP contribution is 2.41. The molecule has 0 aliphatic rings. The molecule has 0 atom stereocenters. The Balaban J connectivity index is 2.69. The maximum Gasteiger partial charge on any atom is 0.338 e. The number of esters is 1. The number of hydrogen-bond donors (Lipinski definition) is 1. The molecule has 0 fully saturated rings. The van der Waals surface area contributed by atoms with Gasteiger partial charge in [0.2, 0.25) is 0 Å². The fourth-order valence-corrected chi connectivity index (χ4v) is 2.47. The molecule has 0 aliphatic carbocycles. The lowest BCUT2D eigenvalue weighted by molar-refractivity contribution is -0.130. The number of aryl methyl sites for hydroxylation is 1. The number of rotatable bonds is 3. The average molecular weight is 288 g/mol. The minimum atomic E-state index is -0.465. The Morgan fingerprint density at radius 3 is 2.60 bits per heavy atom. The van der Waals surface area contributed by atoms with E-state index >= 15 is 0 Å². The van der Waals surface area contributed by atoms with Crippen LogP contribution in [0.1, 0.15) is 12.5 Å². The third-order valence-electron chi connectivity index (χ3n) is 2.95. The topological polar surface area (TPSA) is 46.5 Å². The van der Waals surface area contributed by atoms with Gasteiger partial charge < -0.3 is 9.84 Å². The van der Waals surface area contributed by atoms with E-state index in [1.54, 1.807) is 13.0 Å². The molecule has 0 saturated heterocycles. The Hall–Kier alpha value is -1.94. The van der Waals surface area contributed by atoms with Crippen molar-refractivity contribution in [2.24, 2.45) is 0 Å². The molecular formula is C16H16O3S. The second-order valence-corrected chi connectivity index (χ2v) is 5.49. The first-order valence-electron chi connectivity index (χ1n) is 6.12. The van der Waals surface area contributed by atoms with Gasteiger partial charge in [-0.25, -0.2) is 4.79 Å². The van der Waals surface area contributed by atoms with Crippen LogP contribution in [0.5, 0.6) is 11.5 Å². The minimum absolute atomic E-state index is 0.183. The van der Waals surface area contributed by atoms with Crippen LogP contribution in [-0.2, 0) is 4.79 Å². The van der Waals surface area contributed by atoms with E-state index in [2.05, 4.69) is 6.58 Å². The predicted molar refractivity (Wildman–Crippen MR) is 82.6 cm³/mol. The summed E-state index contributed by atoms with van der Waals surface area (Å²) in [4.78, 5) is 12.5.